The normalized spacial score (nSPS) is 10.9. The number of hydrogen-bond acceptors (Lipinski definition) is 4. The summed E-state index contributed by atoms with van der Waals surface area (Å²) in [4.78, 5) is 40.0. The van der Waals surface area contributed by atoms with Crippen molar-refractivity contribution >= 4 is 29.1 Å². The maximum Gasteiger partial charge on any atom is 0.274 e. The lowest BCUT2D eigenvalue weighted by molar-refractivity contribution is 0.0642. The van der Waals surface area contributed by atoms with Crippen LogP contribution in [-0.2, 0) is 7.05 Å². The quantitative estimate of drug-likeness (QED) is 0.776. The third-order valence-electron chi connectivity index (χ3n) is 4.43. The molecule has 0 aliphatic heterocycles. The maximum atomic E-state index is 13.0. The molecule has 0 aliphatic carbocycles. The van der Waals surface area contributed by atoms with Gasteiger partial charge in [0.25, 0.3) is 17.4 Å². The molecule has 0 unspecified atom stereocenters. The lowest BCUT2D eigenvalue weighted by Crippen LogP contribution is -2.42. The number of aryl methyl sites for hydroxylation is 1. The van der Waals surface area contributed by atoms with Gasteiger partial charge in [-0.1, -0.05) is 11.6 Å². The number of nitrogens with one attached hydrogen (secondary N) is 1. The lowest BCUT2D eigenvalue weighted by Gasteiger charge is -2.31. The Bertz CT molecular complexity index is 974. The molecule has 1 heterocycles. The van der Waals surface area contributed by atoms with Crippen LogP contribution in [0, 0.1) is 0 Å². The molecule has 0 aliphatic rings. The van der Waals surface area contributed by atoms with Gasteiger partial charge in [0.15, 0.2) is 0 Å². The Morgan fingerprint density at radius 1 is 1.14 bits per heavy atom. The van der Waals surface area contributed by atoms with Crippen LogP contribution in [0.25, 0.3) is 0 Å². The number of aromatic nitrogens is 1. The van der Waals surface area contributed by atoms with Gasteiger partial charge >= 0.3 is 0 Å². The van der Waals surface area contributed by atoms with Crippen LogP contribution in [0.1, 0.15) is 48.4 Å². The van der Waals surface area contributed by atoms with Gasteiger partial charge in [-0.05, 0) is 52.0 Å². The van der Waals surface area contributed by atoms with Crippen molar-refractivity contribution < 1.29 is 14.3 Å². The van der Waals surface area contributed by atoms with Crippen LogP contribution in [-0.4, -0.2) is 40.5 Å². The van der Waals surface area contributed by atoms with Gasteiger partial charge in [0, 0.05) is 30.4 Å². The van der Waals surface area contributed by atoms with E-state index in [9.17, 15) is 14.4 Å². The van der Waals surface area contributed by atoms with Crippen molar-refractivity contribution in [2.45, 2.75) is 39.8 Å². The van der Waals surface area contributed by atoms with Crippen LogP contribution in [0.15, 0.2) is 35.3 Å². The number of nitrogens with zero attached hydrogens (tertiary/aromatic N) is 2. The molecule has 2 rings (SSSR count). The summed E-state index contributed by atoms with van der Waals surface area (Å²) < 4.78 is 6.47. The summed E-state index contributed by atoms with van der Waals surface area (Å²) in [6.45, 7) is 7.70. The molecule has 0 fully saturated rings. The maximum absolute atomic E-state index is 13.0. The van der Waals surface area contributed by atoms with E-state index in [0.29, 0.717) is 16.3 Å². The Hall–Kier alpha value is -2.80. The van der Waals surface area contributed by atoms with Crippen molar-refractivity contribution in [2.24, 2.45) is 7.05 Å². The molecule has 156 valence electrons. The highest BCUT2D eigenvalue weighted by atomic mass is 35.5. The van der Waals surface area contributed by atoms with E-state index in [1.807, 2.05) is 27.7 Å². The monoisotopic (exact) mass is 419 g/mol. The van der Waals surface area contributed by atoms with E-state index in [1.54, 1.807) is 17.0 Å². The van der Waals surface area contributed by atoms with Crippen molar-refractivity contribution in [3.8, 4) is 5.75 Å². The van der Waals surface area contributed by atoms with Gasteiger partial charge < -0.3 is 19.5 Å². The van der Waals surface area contributed by atoms with E-state index in [1.165, 1.54) is 37.1 Å². The molecule has 7 nitrogen and oxygen atoms in total. The summed E-state index contributed by atoms with van der Waals surface area (Å²) in [5.74, 6) is -0.459. The SMILES string of the molecule is COc1ccc(Cl)cc1C(=O)Nc1cc(C(=O)N(C(C)C)C(C)C)cn(C)c1=O. The molecular weight excluding hydrogens is 394 g/mol. The zero-order valence-electron chi connectivity index (χ0n) is 17.4. The molecule has 0 spiro atoms. The molecule has 2 amide bonds. The van der Waals surface area contributed by atoms with Gasteiger partial charge in [-0.3, -0.25) is 14.4 Å². The minimum atomic E-state index is -0.560. The number of carbonyl (C=O) groups excluding carboxylic acids is 2. The van der Waals surface area contributed by atoms with Gasteiger partial charge in [0.1, 0.15) is 11.4 Å². The van der Waals surface area contributed by atoms with E-state index in [4.69, 9.17) is 16.3 Å². The molecule has 1 aromatic carbocycles. The molecule has 2 aromatic rings. The average molecular weight is 420 g/mol. The lowest BCUT2D eigenvalue weighted by atomic mass is 10.1. The van der Waals surface area contributed by atoms with Gasteiger partial charge in [-0.15, -0.1) is 0 Å². The number of methoxy groups -OCH3 is 1. The van der Waals surface area contributed by atoms with Crippen LogP contribution in [0.3, 0.4) is 0 Å². The van der Waals surface area contributed by atoms with Gasteiger partial charge in [-0.25, -0.2) is 0 Å². The van der Waals surface area contributed by atoms with Gasteiger partial charge in [-0.2, -0.15) is 0 Å². The van der Waals surface area contributed by atoms with E-state index in [-0.39, 0.29) is 29.2 Å². The summed E-state index contributed by atoms with van der Waals surface area (Å²) in [6, 6.07) is 5.98. The molecule has 0 saturated heterocycles. The first-order chi connectivity index (χ1) is 13.6. The largest absolute Gasteiger partial charge is 0.496 e. The third-order valence-corrected chi connectivity index (χ3v) is 4.67. The zero-order valence-corrected chi connectivity index (χ0v) is 18.2. The molecule has 0 bridgehead atoms. The summed E-state index contributed by atoms with van der Waals surface area (Å²) in [5.41, 5.74) is 0.0574. The van der Waals surface area contributed by atoms with Crippen molar-refractivity contribution in [2.75, 3.05) is 12.4 Å². The Labute approximate surface area is 175 Å². The molecule has 8 heteroatoms. The van der Waals surface area contributed by atoms with Crippen molar-refractivity contribution in [1.29, 1.82) is 0 Å². The summed E-state index contributed by atoms with van der Waals surface area (Å²) in [5, 5.41) is 2.94. The van der Waals surface area contributed by atoms with E-state index >= 15 is 0 Å². The first-order valence-corrected chi connectivity index (χ1v) is 9.62. The van der Waals surface area contributed by atoms with Crippen LogP contribution in [0.5, 0.6) is 5.75 Å². The Morgan fingerprint density at radius 2 is 1.76 bits per heavy atom. The van der Waals surface area contributed by atoms with E-state index < -0.39 is 11.5 Å². The molecule has 29 heavy (non-hydrogen) atoms. The second-order valence-corrected chi connectivity index (χ2v) is 7.69. The molecule has 0 radical (unpaired) electrons. The number of pyridine rings is 1. The Morgan fingerprint density at radius 3 is 2.31 bits per heavy atom. The van der Waals surface area contributed by atoms with Crippen molar-refractivity contribution in [3.05, 3.63) is 57.0 Å². The summed E-state index contributed by atoms with van der Waals surface area (Å²) in [6.07, 6.45) is 1.47. The van der Waals surface area contributed by atoms with Crippen LogP contribution in [0.4, 0.5) is 5.69 Å². The minimum absolute atomic E-state index is 0.00200. The highest BCUT2D eigenvalue weighted by Crippen LogP contribution is 2.23. The fourth-order valence-corrected chi connectivity index (χ4v) is 3.35. The summed E-state index contributed by atoms with van der Waals surface area (Å²) >= 11 is 5.99. The number of amides is 2. The smallest absolute Gasteiger partial charge is 0.274 e. The highest BCUT2D eigenvalue weighted by molar-refractivity contribution is 6.31. The van der Waals surface area contributed by atoms with E-state index in [2.05, 4.69) is 5.32 Å². The summed E-state index contributed by atoms with van der Waals surface area (Å²) in [7, 11) is 2.97. The molecule has 0 saturated carbocycles. The number of rotatable bonds is 6. The second-order valence-electron chi connectivity index (χ2n) is 7.26. The van der Waals surface area contributed by atoms with E-state index in [0.717, 1.165) is 0 Å². The predicted molar refractivity (Wildman–Crippen MR) is 114 cm³/mol. The number of hydrogen-bond donors (Lipinski definition) is 1. The third kappa shape index (κ3) is 4.98. The number of carbonyl (C=O) groups is 2. The van der Waals surface area contributed by atoms with Crippen LogP contribution in [0.2, 0.25) is 5.02 Å². The first kappa shape index (κ1) is 22.5. The van der Waals surface area contributed by atoms with Crippen LogP contribution >= 0.6 is 11.6 Å². The fourth-order valence-electron chi connectivity index (χ4n) is 3.18. The minimum Gasteiger partial charge on any atom is -0.496 e. The topological polar surface area (TPSA) is 80.6 Å². The van der Waals surface area contributed by atoms with Gasteiger partial charge in [0.05, 0.1) is 18.2 Å². The fraction of sp³-hybridized carbons (Fsp3) is 0.381. The standard InChI is InChI=1S/C21H26ClN3O4/c1-12(2)25(13(3)4)20(27)14-9-17(21(28)24(5)11-14)23-19(26)16-10-15(22)7-8-18(16)29-6/h7-13H,1-6H3,(H,23,26). The van der Waals surface area contributed by atoms with Crippen molar-refractivity contribution in [1.82, 2.24) is 9.47 Å². The molecule has 1 aromatic heterocycles. The number of benzene rings is 1. The number of ether oxygens (including phenoxy) is 1. The average Bonchev–Trinajstić information content (AvgIpc) is 2.64. The zero-order chi connectivity index (χ0) is 21.9. The predicted octanol–water partition coefficient (Wildman–Crippen LogP) is 3.56. The second kappa shape index (κ2) is 9.13. The number of anilines is 1. The van der Waals surface area contributed by atoms with Crippen molar-refractivity contribution in [3.63, 3.8) is 0 Å². The molecular formula is C21H26ClN3O4. The van der Waals surface area contributed by atoms with Gasteiger partial charge in [0.2, 0.25) is 0 Å². The highest BCUT2D eigenvalue weighted by Gasteiger charge is 2.23. The molecule has 0 atom stereocenters. The Balaban J connectivity index is 2.45. The molecule has 1 N–H and O–H groups in total. The van der Waals surface area contributed by atoms with Crippen LogP contribution < -0.4 is 15.6 Å². The number of halogens is 1. The Kier molecular flexibility index (Phi) is 7.08. The first-order valence-electron chi connectivity index (χ1n) is 9.25.